The van der Waals surface area contributed by atoms with Crippen LogP contribution in [0.15, 0.2) is 0 Å². The fourth-order valence-corrected chi connectivity index (χ4v) is 2.59. The Morgan fingerprint density at radius 3 is 2.00 bits per heavy atom. The van der Waals surface area contributed by atoms with Gasteiger partial charge >= 0.3 is 0 Å². The van der Waals surface area contributed by atoms with Crippen molar-refractivity contribution in [2.75, 3.05) is 13.1 Å². The first-order valence-electron chi connectivity index (χ1n) is 7.06. The lowest BCUT2D eigenvalue weighted by molar-refractivity contribution is -0.188. The number of morpholine rings is 1. The van der Waals surface area contributed by atoms with Crippen molar-refractivity contribution in [2.45, 2.75) is 72.1 Å². The Hall–Kier alpha value is -0.610. The molecule has 0 radical (unpaired) electrons. The Labute approximate surface area is 117 Å². The summed E-state index contributed by atoms with van der Waals surface area (Å²) in [5.74, 6) is 0.131. The van der Waals surface area contributed by atoms with Crippen molar-refractivity contribution in [3.05, 3.63) is 0 Å². The molecule has 2 N–H and O–H groups in total. The molecule has 4 heteroatoms. The Balaban J connectivity index is 2.72. The lowest BCUT2D eigenvalue weighted by Crippen LogP contribution is -2.59. The number of hydrogen-bond acceptors (Lipinski definition) is 3. The summed E-state index contributed by atoms with van der Waals surface area (Å²) in [7, 11) is 0. The highest BCUT2D eigenvalue weighted by Crippen LogP contribution is 2.29. The highest BCUT2D eigenvalue weighted by Gasteiger charge is 2.40. The summed E-state index contributed by atoms with van der Waals surface area (Å²) in [6.07, 6.45) is 0.398. The molecular formula is C15H30N2O2. The topological polar surface area (TPSA) is 55.6 Å². The Bertz CT molecular complexity index is 327. The maximum Gasteiger partial charge on any atom is 0.224 e. The molecule has 112 valence electrons. The van der Waals surface area contributed by atoms with Crippen molar-refractivity contribution in [3.63, 3.8) is 0 Å². The molecule has 1 saturated heterocycles. The number of hydrogen-bond donors (Lipinski definition) is 1. The Morgan fingerprint density at radius 2 is 1.63 bits per heavy atom. The largest absolute Gasteiger partial charge is 0.366 e. The van der Waals surface area contributed by atoms with Crippen LogP contribution in [0.3, 0.4) is 0 Å². The molecule has 1 atom stereocenters. The fraction of sp³-hybridized carbons (Fsp3) is 0.933. The average molecular weight is 270 g/mol. The maximum absolute atomic E-state index is 12.4. The predicted octanol–water partition coefficient (Wildman–Crippen LogP) is 2.17. The second-order valence-corrected chi connectivity index (χ2v) is 8.05. The van der Waals surface area contributed by atoms with Crippen LogP contribution >= 0.6 is 0 Å². The van der Waals surface area contributed by atoms with Gasteiger partial charge < -0.3 is 15.4 Å². The average Bonchev–Trinajstić information content (AvgIpc) is 2.10. The molecule has 4 nitrogen and oxygen atoms in total. The van der Waals surface area contributed by atoms with Crippen LogP contribution in [-0.4, -0.2) is 41.1 Å². The second-order valence-electron chi connectivity index (χ2n) is 8.05. The highest BCUT2D eigenvalue weighted by molar-refractivity contribution is 5.77. The summed E-state index contributed by atoms with van der Waals surface area (Å²) in [6, 6.07) is -0.117. The predicted molar refractivity (Wildman–Crippen MR) is 77.9 cm³/mol. The number of ether oxygens (including phenoxy) is 1. The zero-order valence-electron chi connectivity index (χ0n) is 13.5. The molecule has 0 saturated carbocycles. The molecule has 1 rings (SSSR count). The molecule has 1 unspecified atom stereocenters. The molecule has 0 bridgehead atoms. The molecule has 1 aliphatic rings. The standard InChI is InChI=1S/C15H30N2O2/c1-13(2,3)11(16)8-12(18)17-9-14(4,5)19-15(6,7)10-17/h11H,8-10,16H2,1-7H3. The van der Waals surface area contributed by atoms with Crippen molar-refractivity contribution in [1.29, 1.82) is 0 Å². The van der Waals surface area contributed by atoms with E-state index in [0.29, 0.717) is 19.5 Å². The SMILES string of the molecule is CC1(C)CN(C(=O)CC(N)C(C)(C)C)CC(C)(C)O1. The Kier molecular flexibility index (Phi) is 4.38. The van der Waals surface area contributed by atoms with E-state index in [2.05, 4.69) is 20.8 Å². The lowest BCUT2D eigenvalue weighted by atomic mass is 9.85. The number of carbonyl (C=O) groups excluding carboxylic acids is 1. The summed E-state index contributed by atoms with van der Waals surface area (Å²) >= 11 is 0. The zero-order chi connectivity index (χ0) is 15.1. The van der Waals surface area contributed by atoms with Crippen molar-refractivity contribution in [1.82, 2.24) is 4.90 Å². The summed E-state index contributed by atoms with van der Waals surface area (Å²) in [5.41, 5.74) is 5.46. The number of nitrogens with zero attached hydrogens (tertiary/aromatic N) is 1. The van der Waals surface area contributed by atoms with Crippen LogP contribution in [0.4, 0.5) is 0 Å². The fourth-order valence-electron chi connectivity index (χ4n) is 2.59. The first-order valence-corrected chi connectivity index (χ1v) is 7.06. The van der Waals surface area contributed by atoms with Gasteiger partial charge in [-0.05, 0) is 33.1 Å². The van der Waals surface area contributed by atoms with Gasteiger partial charge in [0.15, 0.2) is 0 Å². The van der Waals surface area contributed by atoms with Crippen LogP contribution in [0.5, 0.6) is 0 Å². The summed E-state index contributed by atoms with van der Waals surface area (Å²) in [5, 5.41) is 0. The van der Waals surface area contributed by atoms with Gasteiger partial charge in [0.2, 0.25) is 5.91 Å². The van der Waals surface area contributed by atoms with Gasteiger partial charge in [0, 0.05) is 25.6 Å². The quantitative estimate of drug-likeness (QED) is 0.836. The number of nitrogens with two attached hydrogens (primary N) is 1. The molecule has 0 aromatic carbocycles. The van der Waals surface area contributed by atoms with Crippen LogP contribution < -0.4 is 5.73 Å². The van der Waals surface area contributed by atoms with E-state index in [9.17, 15) is 4.79 Å². The first-order chi connectivity index (χ1) is 8.32. The molecule has 0 aromatic heterocycles. The number of carbonyl (C=O) groups is 1. The summed E-state index contributed by atoms with van der Waals surface area (Å²) in [6.45, 7) is 15.6. The van der Waals surface area contributed by atoms with Gasteiger partial charge in [-0.25, -0.2) is 0 Å². The molecule has 1 aliphatic heterocycles. The van der Waals surface area contributed by atoms with E-state index in [1.807, 2.05) is 32.6 Å². The van der Waals surface area contributed by atoms with Crippen LogP contribution in [0.2, 0.25) is 0 Å². The van der Waals surface area contributed by atoms with Gasteiger partial charge in [-0.1, -0.05) is 20.8 Å². The van der Waals surface area contributed by atoms with Gasteiger partial charge in [-0.15, -0.1) is 0 Å². The minimum atomic E-state index is -0.302. The molecule has 1 heterocycles. The van der Waals surface area contributed by atoms with Crippen LogP contribution in [0.1, 0.15) is 54.9 Å². The molecule has 0 aliphatic carbocycles. The second kappa shape index (κ2) is 5.06. The van der Waals surface area contributed by atoms with Crippen LogP contribution in [0.25, 0.3) is 0 Å². The van der Waals surface area contributed by atoms with E-state index in [1.54, 1.807) is 0 Å². The molecule has 0 aromatic rings. The van der Waals surface area contributed by atoms with Crippen LogP contribution in [-0.2, 0) is 9.53 Å². The van der Waals surface area contributed by atoms with E-state index in [-0.39, 0.29) is 28.6 Å². The molecule has 0 spiro atoms. The van der Waals surface area contributed by atoms with Gasteiger partial charge in [0.25, 0.3) is 0 Å². The summed E-state index contributed by atoms with van der Waals surface area (Å²) < 4.78 is 5.99. The van der Waals surface area contributed by atoms with E-state index in [0.717, 1.165) is 0 Å². The molecule has 1 amide bonds. The first kappa shape index (κ1) is 16.4. The molecular weight excluding hydrogens is 240 g/mol. The monoisotopic (exact) mass is 270 g/mol. The van der Waals surface area contributed by atoms with Gasteiger partial charge in [-0.3, -0.25) is 4.79 Å². The van der Waals surface area contributed by atoms with Gasteiger partial charge in [0.05, 0.1) is 11.2 Å². The van der Waals surface area contributed by atoms with Gasteiger partial charge in [0.1, 0.15) is 0 Å². The van der Waals surface area contributed by atoms with Gasteiger partial charge in [-0.2, -0.15) is 0 Å². The summed E-state index contributed by atoms with van der Waals surface area (Å²) in [4.78, 5) is 14.3. The van der Waals surface area contributed by atoms with Crippen molar-refractivity contribution in [3.8, 4) is 0 Å². The molecule has 19 heavy (non-hydrogen) atoms. The smallest absolute Gasteiger partial charge is 0.224 e. The van der Waals surface area contributed by atoms with Crippen molar-refractivity contribution >= 4 is 5.91 Å². The number of rotatable bonds is 2. The third-order valence-corrected chi connectivity index (χ3v) is 3.56. The van der Waals surface area contributed by atoms with E-state index >= 15 is 0 Å². The van der Waals surface area contributed by atoms with E-state index < -0.39 is 0 Å². The van der Waals surface area contributed by atoms with Crippen LogP contribution in [0, 0.1) is 5.41 Å². The maximum atomic E-state index is 12.4. The van der Waals surface area contributed by atoms with E-state index in [1.165, 1.54) is 0 Å². The minimum absolute atomic E-state index is 0.0486. The normalized spacial score (nSPS) is 24.1. The molecule has 1 fully saturated rings. The highest BCUT2D eigenvalue weighted by atomic mass is 16.5. The van der Waals surface area contributed by atoms with E-state index in [4.69, 9.17) is 10.5 Å². The van der Waals surface area contributed by atoms with Crippen molar-refractivity contribution in [2.24, 2.45) is 11.1 Å². The number of amides is 1. The third-order valence-electron chi connectivity index (χ3n) is 3.56. The Morgan fingerprint density at radius 1 is 1.21 bits per heavy atom. The zero-order valence-corrected chi connectivity index (χ0v) is 13.5. The minimum Gasteiger partial charge on any atom is -0.366 e. The van der Waals surface area contributed by atoms with Crippen molar-refractivity contribution < 1.29 is 9.53 Å². The lowest BCUT2D eigenvalue weighted by Gasteiger charge is -2.47. The third kappa shape index (κ3) is 4.77.